The van der Waals surface area contributed by atoms with E-state index in [0.29, 0.717) is 24.7 Å². The number of likely N-dealkylation sites (tertiary alicyclic amines) is 1. The molecule has 0 bridgehead atoms. The Kier molecular flexibility index (Phi) is 5.06. The summed E-state index contributed by atoms with van der Waals surface area (Å²) < 4.78 is 5.51. The van der Waals surface area contributed by atoms with E-state index in [-0.39, 0.29) is 17.2 Å². The third-order valence-electron chi connectivity index (χ3n) is 5.22. The van der Waals surface area contributed by atoms with Gasteiger partial charge in [0.15, 0.2) is 0 Å². The van der Waals surface area contributed by atoms with Gasteiger partial charge in [0.25, 0.3) is 0 Å². The van der Waals surface area contributed by atoms with Gasteiger partial charge < -0.3 is 9.42 Å². The number of amides is 1. The van der Waals surface area contributed by atoms with Gasteiger partial charge in [-0.05, 0) is 28.8 Å². The van der Waals surface area contributed by atoms with Crippen LogP contribution in [0.25, 0.3) is 11.4 Å². The Balaban J connectivity index is 1.42. The summed E-state index contributed by atoms with van der Waals surface area (Å²) in [5.41, 5.74) is 2.31. The van der Waals surface area contributed by atoms with Gasteiger partial charge in [-0.3, -0.25) is 4.79 Å². The van der Waals surface area contributed by atoms with Crippen molar-refractivity contribution >= 4 is 17.2 Å². The van der Waals surface area contributed by atoms with Crippen molar-refractivity contribution in [3.05, 3.63) is 58.1 Å². The first-order chi connectivity index (χ1) is 13.4. The molecule has 1 atom stereocenters. The lowest BCUT2D eigenvalue weighted by atomic mass is 9.87. The molecule has 1 aliphatic rings. The van der Waals surface area contributed by atoms with Gasteiger partial charge in [-0.15, -0.1) is 11.3 Å². The van der Waals surface area contributed by atoms with E-state index in [9.17, 15) is 4.79 Å². The molecular weight excluding hydrogens is 370 g/mol. The van der Waals surface area contributed by atoms with E-state index in [1.165, 1.54) is 10.4 Å². The molecule has 0 N–H and O–H groups in total. The van der Waals surface area contributed by atoms with E-state index in [4.69, 9.17) is 4.52 Å². The molecule has 146 valence electrons. The van der Waals surface area contributed by atoms with Crippen molar-refractivity contribution in [1.29, 1.82) is 0 Å². The first kappa shape index (κ1) is 18.9. The maximum Gasteiger partial charge on any atom is 0.232 e. The SMILES string of the molecule is CC(C)(C)c1ccc(-c2noc(C3CC(=O)N(CCc4cccs4)C3)n2)cc1. The molecule has 0 saturated carbocycles. The van der Waals surface area contributed by atoms with Crippen LogP contribution in [0.1, 0.15) is 49.4 Å². The van der Waals surface area contributed by atoms with Crippen LogP contribution in [0, 0.1) is 0 Å². The fourth-order valence-corrected chi connectivity index (χ4v) is 4.19. The van der Waals surface area contributed by atoms with Crippen LogP contribution in [0.3, 0.4) is 0 Å². The molecule has 6 heteroatoms. The molecule has 3 aromatic rings. The molecule has 1 saturated heterocycles. The molecule has 1 amide bonds. The van der Waals surface area contributed by atoms with Crippen LogP contribution < -0.4 is 0 Å². The summed E-state index contributed by atoms with van der Waals surface area (Å²) in [6.45, 7) is 7.96. The van der Waals surface area contributed by atoms with Gasteiger partial charge in [-0.1, -0.05) is 56.3 Å². The van der Waals surface area contributed by atoms with Crippen molar-refractivity contribution in [2.75, 3.05) is 13.1 Å². The van der Waals surface area contributed by atoms with Crippen molar-refractivity contribution < 1.29 is 9.32 Å². The highest BCUT2D eigenvalue weighted by atomic mass is 32.1. The van der Waals surface area contributed by atoms with E-state index < -0.39 is 0 Å². The zero-order valence-electron chi connectivity index (χ0n) is 16.5. The summed E-state index contributed by atoms with van der Waals surface area (Å²) >= 11 is 1.73. The quantitative estimate of drug-likeness (QED) is 0.631. The summed E-state index contributed by atoms with van der Waals surface area (Å²) in [5.74, 6) is 1.28. The lowest BCUT2D eigenvalue weighted by molar-refractivity contribution is -0.127. The van der Waals surface area contributed by atoms with Crippen LogP contribution in [0.5, 0.6) is 0 Å². The number of hydrogen-bond acceptors (Lipinski definition) is 5. The molecule has 4 rings (SSSR count). The van der Waals surface area contributed by atoms with Gasteiger partial charge in [0, 0.05) is 30.0 Å². The highest BCUT2D eigenvalue weighted by Gasteiger charge is 2.34. The van der Waals surface area contributed by atoms with Crippen LogP contribution in [-0.4, -0.2) is 34.0 Å². The van der Waals surface area contributed by atoms with E-state index in [2.05, 4.69) is 54.5 Å². The second kappa shape index (κ2) is 7.51. The summed E-state index contributed by atoms with van der Waals surface area (Å²) in [4.78, 5) is 20.2. The normalized spacial score (nSPS) is 17.5. The topological polar surface area (TPSA) is 59.2 Å². The first-order valence-electron chi connectivity index (χ1n) is 9.65. The minimum Gasteiger partial charge on any atom is -0.342 e. The molecule has 0 spiro atoms. The van der Waals surface area contributed by atoms with Crippen LogP contribution in [0.15, 0.2) is 46.3 Å². The molecule has 1 unspecified atom stereocenters. The number of carbonyl (C=O) groups excluding carboxylic acids is 1. The van der Waals surface area contributed by atoms with Crippen LogP contribution in [0.2, 0.25) is 0 Å². The first-order valence-corrected chi connectivity index (χ1v) is 10.5. The Morgan fingerprint density at radius 2 is 2.00 bits per heavy atom. The Labute approximate surface area is 169 Å². The van der Waals surface area contributed by atoms with Gasteiger partial charge in [-0.25, -0.2) is 0 Å². The zero-order valence-corrected chi connectivity index (χ0v) is 17.3. The van der Waals surface area contributed by atoms with Gasteiger partial charge in [0.1, 0.15) is 0 Å². The second-order valence-electron chi connectivity index (χ2n) is 8.35. The number of rotatable bonds is 5. The van der Waals surface area contributed by atoms with Crippen LogP contribution in [0.4, 0.5) is 0 Å². The minimum atomic E-state index is -0.0223. The molecule has 0 aliphatic carbocycles. The zero-order chi connectivity index (χ0) is 19.7. The monoisotopic (exact) mass is 395 g/mol. The summed E-state index contributed by atoms with van der Waals surface area (Å²) in [6, 6.07) is 12.4. The van der Waals surface area contributed by atoms with E-state index in [0.717, 1.165) is 18.5 Å². The number of nitrogens with zero attached hydrogens (tertiary/aromatic N) is 3. The van der Waals surface area contributed by atoms with Crippen molar-refractivity contribution in [2.45, 2.75) is 44.9 Å². The summed E-state index contributed by atoms with van der Waals surface area (Å²) in [7, 11) is 0. The van der Waals surface area contributed by atoms with Crippen LogP contribution in [-0.2, 0) is 16.6 Å². The standard InChI is InChI=1S/C22H25N3O2S/c1-22(2,3)17-8-6-15(7-9-17)20-23-21(27-24-20)16-13-19(26)25(14-16)11-10-18-5-4-12-28-18/h4-9,12,16H,10-11,13-14H2,1-3H3. The molecule has 0 radical (unpaired) electrons. The van der Waals surface area contributed by atoms with E-state index in [1.807, 2.05) is 23.1 Å². The van der Waals surface area contributed by atoms with Gasteiger partial charge in [0.05, 0.1) is 5.92 Å². The maximum absolute atomic E-state index is 12.4. The Morgan fingerprint density at radius 1 is 1.21 bits per heavy atom. The third kappa shape index (κ3) is 4.02. The third-order valence-corrected chi connectivity index (χ3v) is 6.16. The van der Waals surface area contributed by atoms with Crippen molar-refractivity contribution in [3.63, 3.8) is 0 Å². The van der Waals surface area contributed by atoms with Gasteiger partial charge in [0.2, 0.25) is 17.6 Å². The lowest BCUT2D eigenvalue weighted by Crippen LogP contribution is -2.27. The fourth-order valence-electron chi connectivity index (χ4n) is 3.49. The number of thiophene rings is 1. The average molecular weight is 396 g/mol. The molecule has 28 heavy (non-hydrogen) atoms. The van der Waals surface area contributed by atoms with Crippen molar-refractivity contribution in [1.82, 2.24) is 15.0 Å². The molecule has 1 fully saturated rings. The number of carbonyl (C=O) groups is 1. The van der Waals surface area contributed by atoms with Gasteiger partial charge in [-0.2, -0.15) is 4.98 Å². The largest absolute Gasteiger partial charge is 0.342 e. The number of hydrogen-bond donors (Lipinski definition) is 0. The van der Waals surface area contributed by atoms with Crippen molar-refractivity contribution in [3.8, 4) is 11.4 Å². The Morgan fingerprint density at radius 3 is 2.68 bits per heavy atom. The predicted molar refractivity (Wildman–Crippen MR) is 110 cm³/mol. The van der Waals surface area contributed by atoms with E-state index in [1.54, 1.807) is 11.3 Å². The van der Waals surface area contributed by atoms with Crippen LogP contribution >= 0.6 is 11.3 Å². The summed E-state index contributed by atoms with van der Waals surface area (Å²) in [6.07, 6.45) is 1.33. The van der Waals surface area contributed by atoms with E-state index >= 15 is 0 Å². The molecule has 5 nitrogen and oxygen atoms in total. The number of benzene rings is 1. The number of aromatic nitrogens is 2. The molecule has 1 aliphatic heterocycles. The summed E-state index contributed by atoms with van der Waals surface area (Å²) in [5, 5.41) is 6.21. The molecule has 1 aromatic carbocycles. The van der Waals surface area contributed by atoms with Gasteiger partial charge >= 0.3 is 0 Å². The molecular formula is C22H25N3O2S. The second-order valence-corrected chi connectivity index (χ2v) is 9.39. The Bertz CT molecular complexity index is 939. The Hall–Kier alpha value is -2.47. The maximum atomic E-state index is 12.4. The van der Waals surface area contributed by atoms with Crippen molar-refractivity contribution in [2.24, 2.45) is 0 Å². The smallest absolute Gasteiger partial charge is 0.232 e. The fraction of sp³-hybridized carbons (Fsp3) is 0.409. The predicted octanol–water partition coefficient (Wildman–Crippen LogP) is 4.65. The molecule has 3 heterocycles. The lowest BCUT2D eigenvalue weighted by Gasteiger charge is -2.18. The average Bonchev–Trinajstić information content (AvgIpc) is 3.40. The highest BCUT2D eigenvalue weighted by Crippen LogP contribution is 2.30. The minimum absolute atomic E-state index is 0.0223. The highest BCUT2D eigenvalue weighted by molar-refractivity contribution is 7.09. The molecule has 2 aromatic heterocycles.